The Morgan fingerprint density at radius 2 is 2.27 bits per heavy atom. The summed E-state index contributed by atoms with van der Waals surface area (Å²) >= 11 is 5.97. The number of ether oxygens (including phenoxy) is 1. The minimum absolute atomic E-state index is 0.0551. The zero-order chi connectivity index (χ0) is 15.9. The fraction of sp³-hybridized carbons (Fsp3) is 0.500. The molecule has 1 aliphatic rings. The second-order valence-electron chi connectivity index (χ2n) is 5.36. The van der Waals surface area contributed by atoms with E-state index in [-0.39, 0.29) is 24.5 Å². The van der Waals surface area contributed by atoms with Gasteiger partial charge in [-0.15, -0.1) is 0 Å². The van der Waals surface area contributed by atoms with E-state index in [1.807, 2.05) is 18.2 Å². The summed E-state index contributed by atoms with van der Waals surface area (Å²) in [5, 5.41) is 3.45. The third-order valence-electron chi connectivity index (χ3n) is 3.75. The Balaban J connectivity index is 1.85. The molecule has 1 aliphatic heterocycles. The maximum Gasteiger partial charge on any atom is 0.239 e. The number of carbonyl (C=O) groups excluding carboxylic acids is 2. The van der Waals surface area contributed by atoms with Crippen LogP contribution in [0.3, 0.4) is 0 Å². The number of methoxy groups -OCH3 is 1. The first-order chi connectivity index (χ1) is 10.6. The van der Waals surface area contributed by atoms with Gasteiger partial charge in [0.15, 0.2) is 0 Å². The predicted octanol–water partition coefficient (Wildman–Crippen LogP) is 2.16. The molecule has 1 N–H and O–H groups in total. The van der Waals surface area contributed by atoms with Crippen LogP contribution in [0.4, 0.5) is 0 Å². The number of piperidine rings is 1. The molecule has 120 valence electrons. The largest absolute Gasteiger partial charge is 0.375 e. The lowest BCUT2D eigenvalue weighted by Crippen LogP contribution is -2.43. The third kappa shape index (κ3) is 4.71. The molecule has 0 bridgehead atoms. The first kappa shape index (κ1) is 16.8. The summed E-state index contributed by atoms with van der Waals surface area (Å²) in [5.41, 5.74) is 0.907. The van der Waals surface area contributed by atoms with E-state index in [1.54, 1.807) is 18.1 Å². The van der Waals surface area contributed by atoms with Gasteiger partial charge in [0.1, 0.15) is 0 Å². The monoisotopic (exact) mass is 324 g/mol. The van der Waals surface area contributed by atoms with Gasteiger partial charge in [-0.25, -0.2) is 0 Å². The number of amides is 2. The van der Waals surface area contributed by atoms with Gasteiger partial charge in [-0.3, -0.25) is 9.59 Å². The smallest absolute Gasteiger partial charge is 0.239 e. The van der Waals surface area contributed by atoms with Gasteiger partial charge in [0.2, 0.25) is 11.8 Å². The Kier molecular flexibility index (Phi) is 6.21. The van der Waals surface area contributed by atoms with E-state index in [0.29, 0.717) is 24.5 Å². The van der Waals surface area contributed by atoms with Crippen molar-refractivity contribution in [3.63, 3.8) is 0 Å². The molecule has 2 rings (SSSR count). The fourth-order valence-electron chi connectivity index (χ4n) is 2.51. The number of hydrogen-bond acceptors (Lipinski definition) is 3. The van der Waals surface area contributed by atoms with Crippen molar-refractivity contribution < 1.29 is 14.3 Å². The van der Waals surface area contributed by atoms with Gasteiger partial charge in [-0.1, -0.05) is 23.7 Å². The molecule has 1 heterocycles. The molecule has 1 fully saturated rings. The van der Waals surface area contributed by atoms with Crippen molar-refractivity contribution in [2.24, 2.45) is 0 Å². The van der Waals surface area contributed by atoms with E-state index in [9.17, 15) is 9.59 Å². The number of nitrogens with zero attached hydrogens (tertiary/aromatic N) is 1. The lowest BCUT2D eigenvalue weighted by molar-refractivity contribution is -0.137. The molecule has 1 atom stereocenters. The van der Waals surface area contributed by atoms with Crippen molar-refractivity contribution in [1.29, 1.82) is 0 Å². The molecule has 6 heteroatoms. The summed E-state index contributed by atoms with van der Waals surface area (Å²) in [7, 11) is 1.59. The normalized spacial score (nSPS) is 16.5. The minimum Gasteiger partial charge on any atom is -0.375 e. The lowest BCUT2D eigenvalue weighted by Gasteiger charge is -2.26. The summed E-state index contributed by atoms with van der Waals surface area (Å²) in [6, 6.07) is 7.35. The molecular weight excluding hydrogens is 304 g/mol. The summed E-state index contributed by atoms with van der Waals surface area (Å²) in [4.78, 5) is 25.3. The molecule has 1 aromatic rings. The number of nitrogens with one attached hydrogen (secondary N) is 1. The van der Waals surface area contributed by atoms with Crippen LogP contribution in [0, 0.1) is 0 Å². The zero-order valence-corrected chi connectivity index (χ0v) is 13.4. The quantitative estimate of drug-likeness (QED) is 0.872. The number of hydrogen-bond donors (Lipinski definition) is 1. The Labute approximate surface area is 135 Å². The van der Waals surface area contributed by atoms with Crippen molar-refractivity contribution in [2.45, 2.75) is 25.4 Å². The molecular formula is C16H21ClN2O3. The van der Waals surface area contributed by atoms with E-state index in [1.165, 1.54) is 0 Å². The molecule has 5 nitrogen and oxygen atoms in total. The van der Waals surface area contributed by atoms with E-state index in [4.69, 9.17) is 16.3 Å². The van der Waals surface area contributed by atoms with Crippen molar-refractivity contribution >= 4 is 23.4 Å². The fourth-order valence-corrected chi connectivity index (χ4v) is 2.71. The van der Waals surface area contributed by atoms with E-state index in [0.717, 1.165) is 18.4 Å². The predicted molar refractivity (Wildman–Crippen MR) is 84.6 cm³/mol. The van der Waals surface area contributed by atoms with Gasteiger partial charge >= 0.3 is 0 Å². The highest BCUT2D eigenvalue weighted by molar-refractivity contribution is 6.30. The highest BCUT2D eigenvalue weighted by atomic mass is 35.5. The van der Waals surface area contributed by atoms with Crippen LogP contribution in [0.25, 0.3) is 0 Å². The highest BCUT2D eigenvalue weighted by Gasteiger charge is 2.21. The van der Waals surface area contributed by atoms with Gasteiger partial charge in [0, 0.05) is 31.6 Å². The van der Waals surface area contributed by atoms with Crippen molar-refractivity contribution in [3.8, 4) is 0 Å². The lowest BCUT2D eigenvalue weighted by atomic mass is 10.1. The van der Waals surface area contributed by atoms with Gasteiger partial charge in [0.05, 0.1) is 12.6 Å². The van der Waals surface area contributed by atoms with Gasteiger partial charge in [-0.2, -0.15) is 0 Å². The Morgan fingerprint density at radius 1 is 1.45 bits per heavy atom. The molecule has 0 unspecified atom stereocenters. The van der Waals surface area contributed by atoms with Crippen LogP contribution in [0.2, 0.25) is 5.02 Å². The Bertz CT molecular complexity index is 536. The number of rotatable bonds is 6. The van der Waals surface area contributed by atoms with Crippen LogP contribution in [0.5, 0.6) is 0 Å². The third-order valence-corrected chi connectivity index (χ3v) is 3.98. The first-order valence-corrected chi connectivity index (χ1v) is 7.80. The second kappa shape index (κ2) is 8.15. The van der Waals surface area contributed by atoms with Crippen LogP contribution in [-0.2, 0) is 14.3 Å². The van der Waals surface area contributed by atoms with Crippen molar-refractivity contribution in [2.75, 3.05) is 26.7 Å². The van der Waals surface area contributed by atoms with E-state index in [2.05, 4.69) is 5.32 Å². The first-order valence-electron chi connectivity index (χ1n) is 7.43. The molecule has 0 aliphatic carbocycles. The molecule has 1 saturated heterocycles. The molecule has 0 saturated carbocycles. The number of benzene rings is 1. The van der Waals surface area contributed by atoms with Crippen LogP contribution < -0.4 is 5.32 Å². The second-order valence-corrected chi connectivity index (χ2v) is 5.79. The zero-order valence-electron chi connectivity index (χ0n) is 12.7. The van der Waals surface area contributed by atoms with Gasteiger partial charge in [-0.05, 0) is 30.5 Å². The van der Waals surface area contributed by atoms with Crippen molar-refractivity contribution in [1.82, 2.24) is 10.2 Å². The molecule has 2 amide bonds. The standard InChI is InChI=1S/C16H21ClN2O3/c1-22-14(12-5-4-6-13(17)9-12)10-18-15(20)11-19-8-3-2-7-16(19)21/h4-6,9,14H,2-3,7-8,10-11H2,1H3,(H,18,20)/t14-/m1/s1. The average Bonchev–Trinajstić information content (AvgIpc) is 2.50. The minimum atomic E-state index is -0.264. The molecule has 1 aromatic carbocycles. The SMILES string of the molecule is CO[C@H](CNC(=O)CN1CCCCC1=O)c1cccc(Cl)c1. The Hall–Kier alpha value is -1.59. The Morgan fingerprint density at radius 3 is 2.95 bits per heavy atom. The van der Waals surface area contributed by atoms with Crippen LogP contribution in [0.15, 0.2) is 24.3 Å². The van der Waals surface area contributed by atoms with Crippen molar-refractivity contribution in [3.05, 3.63) is 34.9 Å². The maximum absolute atomic E-state index is 12.0. The summed E-state index contributed by atoms with van der Waals surface area (Å²) in [6.45, 7) is 1.12. The number of carbonyl (C=O) groups is 2. The topological polar surface area (TPSA) is 58.6 Å². The summed E-state index contributed by atoms with van der Waals surface area (Å²) in [6.07, 6.45) is 2.15. The van der Waals surface area contributed by atoms with Gasteiger partial charge < -0.3 is 15.0 Å². The summed E-state index contributed by atoms with van der Waals surface area (Å²) in [5.74, 6) is -0.112. The summed E-state index contributed by atoms with van der Waals surface area (Å²) < 4.78 is 5.40. The highest BCUT2D eigenvalue weighted by Crippen LogP contribution is 2.19. The number of likely N-dealkylation sites (tertiary alicyclic amines) is 1. The van der Waals surface area contributed by atoms with E-state index >= 15 is 0 Å². The number of halogens is 1. The van der Waals surface area contributed by atoms with Crippen LogP contribution in [-0.4, -0.2) is 43.5 Å². The molecule has 0 spiro atoms. The van der Waals surface area contributed by atoms with Gasteiger partial charge in [0.25, 0.3) is 0 Å². The molecule has 22 heavy (non-hydrogen) atoms. The maximum atomic E-state index is 12.0. The van der Waals surface area contributed by atoms with Crippen LogP contribution in [0.1, 0.15) is 30.9 Å². The molecule has 0 radical (unpaired) electrons. The molecule has 0 aromatic heterocycles. The van der Waals surface area contributed by atoms with E-state index < -0.39 is 0 Å². The van der Waals surface area contributed by atoms with Crippen LogP contribution >= 0.6 is 11.6 Å². The average molecular weight is 325 g/mol.